The van der Waals surface area contributed by atoms with Crippen molar-refractivity contribution >= 4 is 34.9 Å². The molecule has 0 aliphatic rings. The highest BCUT2D eigenvalue weighted by Gasteiger charge is 2.19. The smallest absolute Gasteiger partial charge is 0.234 e. The molecule has 2 N–H and O–H groups in total. The van der Waals surface area contributed by atoms with Gasteiger partial charge < -0.3 is 10.6 Å². The minimum Gasteiger partial charge on any atom is -0.345 e. The molecular formula is C20H21Cl2FN2O2. The van der Waals surface area contributed by atoms with Crippen LogP contribution in [-0.4, -0.2) is 24.3 Å². The summed E-state index contributed by atoms with van der Waals surface area (Å²) in [6, 6.07) is 11.1. The molecule has 2 aromatic rings. The molecule has 4 nitrogen and oxygen atoms in total. The largest absolute Gasteiger partial charge is 0.345 e. The predicted octanol–water partition coefficient (Wildman–Crippen LogP) is 4.10. The van der Waals surface area contributed by atoms with Crippen LogP contribution in [0.2, 0.25) is 10.0 Å². The van der Waals surface area contributed by atoms with Crippen molar-refractivity contribution in [2.45, 2.75) is 32.4 Å². The molecule has 2 rings (SSSR count). The number of carbonyl (C=O) groups excluding carboxylic acids is 2. The van der Waals surface area contributed by atoms with E-state index in [1.165, 1.54) is 19.1 Å². The molecule has 0 aliphatic heterocycles. The summed E-state index contributed by atoms with van der Waals surface area (Å²) in [6.45, 7) is 3.16. The van der Waals surface area contributed by atoms with Gasteiger partial charge in [0.1, 0.15) is 5.82 Å². The first-order valence-electron chi connectivity index (χ1n) is 8.49. The van der Waals surface area contributed by atoms with E-state index >= 15 is 0 Å². The summed E-state index contributed by atoms with van der Waals surface area (Å²) >= 11 is 11.8. The van der Waals surface area contributed by atoms with Crippen molar-refractivity contribution in [1.82, 2.24) is 10.6 Å². The second-order valence-corrected chi connectivity index (χ2v) is 7.13. The normalized spacial score (nSPS) is 13.1. The summed E-state index contributed by atoms with van der Waals surface area (Å²) < 4.78 is 13.7. The quantitative estimate of drug-likeness (QED) is 0.644. The van der Waals surface area contributed by atoms with E-state index in [9.17, 15) is 14.0 Å². The fraction of sp³-hybridized carbons (Fsp3) is 0.300. The Hall–Kier alpha value is -1.95. The third-order valence-electron chi connectivity index (χ3n) is 4.18. The third-order valence-corrected chi connectivity index (χ3v) is 4.80. The lowest BCUT2D eigenvalue weighted by Crippen LogP contribution is -2.45. The lowest BCUT2D eigenvalue weighted by atomic mass is 10.0. The molecule has 0 bridgehead atoms. The zero-order chi connectivity index (χ0) is 20.0. The van der Waals surface area contributed by atoms with Crippen LogP contribution in [0.1, 0.15) is 31.0 Å². The topological polar surface area (TPSA) is 58.2 Å². The molecule has 0 fully saturated rings. The standard InChI is InChI=1S/C20H21Cl2FN2O2/c1-12(15-9-18(23)17(22)10-16(15)21)24-11-20(27)25-19(13(2)26)8-14-6-4-3-5-7-14/h3-7,9-10,12,19,24H,8,11H2,1-2H3,(H,25,27)/t12-,19-/m1/s1. The summed E-state index contributed by atoms with van der Waals surface area (Å²) in [6.07, 6.45) is 0.422. The van der Waals surface area contributed by atoms with Gasteiger partial charge in [-0.3, -0.25) is 9.59 Å². The average molecular weight is 411 g/mol. The lowest BCUT2D eigenvalue weighted by Gasteiger charge is -2.19. The first-order valence-corrected chi connectivity index (χ1v) is 9.25. The highest BCUT2D eigenvalue weighted by atomic mass is 35.5. The van der Waals surface area contributed by atoms with Crippen molar-refractivity contribution in [1.29, 1.82) is 0 Å². The van der Waals surface area contributed by atoms with Crippen molar-refractivity contribution in [3.63, 3.8) is 0 Å². The Bertz CT molecular complexity index is 815. The second kappa shape index (κ2) is 9.83. The number of hydrogen-bond donors (Lipinski definition) is 2. The Kier molecular flexibility index (Phi) is 7.78. The molecule has 0 saturated carbocycles. The number of Topliss-reactive ketones (excluding diaryl/α,β-unsaturated/α-hetero) is 1. The molecular weight excluding hydrogens is 390 g/mol. The first-order chi connectivity index (χ1) is 12.8. The molecule has 0 spiro atoms. The predicted molar refractivity (Wildman–Crippen MR) is 106 cm³/mol. The SMILES string of the molecule is CC(=O)[C@@H](Cc1ccccc1)NC(=O)CN[C@H](C)c1cc(F)c(Cl)cc1Cl. The highest BCUT2D eigenvalue weighted by molar-refractivity contribution is 6.35. The Morgan fingerprint density at radius 1 is 1.11 bits per heavy atom. The monoisotopic (exact) mass is 410 g/mol. The van der Waals surface area contributed by atoms with Crippen molar-refractivity contribution in [3.8, 4) is 0 Å². The maximum atomic E-state index is 13.7. The molecule has 0 radical (unpaired) electrons. The Morgan fingerprint density at radius 3 is 2.41 bits per heavy atom. The van der Waals surface area contributed by atoms with Gasteiger partial charge in [0.15, 0.2) is 5.78 Å². The van der Waals surface area contributed by atoms with E-state index in [2.05, 4.69) is 10.6 Å². The van der Waals surface area contributed by atoms with Gasteiger partial charge in [0, 0.05) is 11.1 Å². The van der Waals surface area contributed by atoms with Crippen molar-refractivity contribution < 1.29 is 14.0 Å². The van der Waals surface area contributed by atoms with Crippen LogP contribution >= 0.6 is 23.2 Å². The minimum absolute atomic E-state index is 0.0414. The third kappa shape index (κ3) is 6.31. The van der Waals surface area contributed by atoms with E-state index in [-0.39, 0.29) is 29.3 Å². The second-order valence-electron chi connectivity index (χ2n) is 6.31. The van der Waals surface area contributed by atoms with Crippen LogP contribution in [0.4, 0.5) is 4.39 Å². The van der Waals surface area contributed by atoms with Gasteiger partial charge in [-0.2, -0.15) is 0 Å². The van der Waals surface area contributed by atoms with Gasteiger partial charge in [-0.15, -0.1) is 0 Å². The number of benzene rings is 2. The summed E-state index contributed by atoms with van der Waals surface area (Å²) in [5.41, 5.74) is 1.46. The van der Waals surface area contributed by atoms with Gasteiger partial charge in [0.05, 0.1) is 17.6 Å². The van der Waals surface area contributed by atoms with E-state index in [1.807, 2.05) is 30.3 Å². The molecule has 0 saturated heterocycles. The minimum atomic E-state index is -0.603. The molecule has 1 amide bonds. The van der Waals surface area contributed by atoms with E-state index in [1.54, 1.807) is 6.92 Å². The summed E-state index contributed by atoms with van der Waals surface area (Å²) in [4.78, 5) is 24.1. The first kappa shape index (κ1) is 21.4. The van der Waals surface area contributed by atoms with E-state index < -0.39 is 11.9 Å². The summed E-state index contributed by atoms with van der Waals surface area (Å²) in [5, 5.41) is 5.96. The molecule has 0 heterocycles. The lowest BCUT2D eigenvalue weighted by molar-refractivity contribution is -0.126. The zero-order valence-corrected chi connectivity index (χ0v) is 16.6. The van der Waals surface area contributed by atoms with Gasteiger partial charge in [0.25, 0.3) is 0 Å². The Labute approximate surface area is 168 Å². The highest BCUT2D eigenvalue weighted by Crippen LogP contribution is 2.28. The van der Waals surface area contributed by atoms with E-state index in [0.717, 1.165) is 5.56 Å². The van der Waals surface area contributed by atoms with Gasteiger partial charge in [-0.05, 0) is 43.5 Å². The zero-order valence-electron chi connectivity index (χ0n) is 15.1. The van der Waals surface area contributed by atoms with Crippen molar-refractivity contribution in [3.05, 3.63) is 69.5 Å². The van der Waals surface area contributed by atoms with Gasteiger partial charge in [-0.1, -0.05) is 53.5 Å². The Balaban J connectivity index is 1.94. The Morgan fingerprint density at radius 2 is 1.78 bits per heavy atom. The molecule has 0 aliphatic carbocycles. The van der Waals surface area contributed by atoms with E-state index in [0.29, 0.717) is 17.0 Å². The summed E-state index contributed by atoms with van der Waals surface area (Å²) in [7, 11) is 0. The number of carbonyl (C=O) groups is 2. The number of rotatable bonds is 8. The maximum Gasteiger partial charge on any atom is 0.234 e. The molecule has 144 valence electrons. The number of nitrogens with one attached hydrogen (secondary N) is 2. The van der Waals surface area contributed by atoms with Crippen LogP contribution in [0.25, 0.3) is 0 Å². The van der Waals surface area contributed by atoms with Crippen LogP contribution < -0.4 is 10.6 Å². The van der Waals surface area contributed by atoms with Crippen molar-refractivity contribution in [2.75, 3.05) is 6.54 Å². The fourth-order valence-corrected chi connectivity index (χ4v) is 3.16. The van der Waals surface area contributed by atoms with E-state index in [4.69, 9.17) is 23.2 Å². The molecule has 2 atom stereocenters. The number of ketones is 1. The molecule has 7 heteroatoms. The number of amides is 1. The van der Waals surface area contributed by atoms with Gasteiger partial charge in [0.2, 0.25) is 5.91 Å². The van der Waals surface area contributed by atoms with Gasteiger partial charge >= 0.3 is 0 Å². The molecule has 2 aromatic carbocycles. The maximum absolute atomic E-state index is 13.7. The summed E-state index contributed by atoms with van der Waals surface area (Å²) in [5.74, 6) is -1.03. The van der Waals surface area contributed by atoms with Crippen LogP contribution in [0.5, 0.6) is 0 Å². The van der Waals surface area contributed by atoms with Crippen LogP contribution in [0, 0.1) is 5.82 Å². The average Bonchev–Trinajstić information content (AvgIpc) is 2.63. The molecule has 0 aromatic heterocycles. The van der Waals surface area contributed by atoms with Crippen LogP contribution in [0.3, 0.4) is 0 Å². The molecule has 27 heavy (non-hydrogen) atoms. The van der Waals surface area contributed by atoms with Gasteiger partial charge in [-0.25, -0.2) is 4.39 Å². The molecule has 0 unspecified atom stereocenters. The van der Waals surface area contributed by atoms with Crippen molar-refractivity contribution in [2.24, 2.45) is 0 Å². The van der Waals surface area contributed by atoms with Crippen LogP contribution in [-0.2, 0) is 16.0 Å². The number of hydrogen-bond acceptors (Lipinski definition) is 3. The van der Waals surface area contributed by atoms with Crippen LogP contribution in [0.15, 0.2) is 42.5 Å². The number of halogens is 3. The fourth-order valence-electron chi connectivity index (χ4n) is 2.62.